The van der Waals surface area contributed by atoms with Crippen LogP contribution in [0.4, 0.5) is 4.79 Å². The molecule has 0 fully saturated rings. The summed E-state index contributed by atoms with van der Waals surface area (Å²) >= 11 is 0. The topological polar surface area (TPSA) is 65.0 Å². The summed E-state index contributed by atoms with van der Waals surface area (Å²) in [4.78, 5) is 18.5. The van der Waals surface area contributed by atoms with Crippen LogP contribution in [0, 0.1) is 5.41 Å². The zero-order chi connectivity index (χ0) is 19.2. The van der Waals surface area contributed by atoms with E-state index in [9.17, 15) is 4.79 Å². The van der Waals surface area contributed by atoms with Crippen LogP contribution in [-0.4, -0.2) is 16.9 Å². The summed E-state index contributed by atoms with van der Waals surface area (Å²) in [5, 5.41) is 12.2. The molecule has 0 spiro atoms. The number of allylic oxidation sites excluding steroid dienone is 2. The Morgan fingerprint density at radius 3 is 2.04 bits per heavy atom. The normalized spacial score (nSPS) is 12.4. The molecular weight excluding hydrogens is 308 g/mol. The van der Waals surface area contributed by atoms with Crippen LogP contribution in [0.15, 0.2) is 11.6 Å². The minimum Gasteiger partial charge on any atom is -0.448 e. The Kier molecular flexibility index (Phi) is 13.9. The molecule has 0 heterocycles. The van der Waals surface area contributed by atoms with Gasteiger partial charge in [-0.25, -0.2) is 9.68 Å². The lowest BCUT2D eigenvalue weighted by molar-refractivity contribution is -0.518. The highest BCUT2D eigenvalue weighted by atomic mass is 17.5. The van der Waals surface area contributed by atoms with Crippen LogP contribution in [0.1, 0.15) is 93.9 Å². The van der Waals surface area contributed by atoms with Crippen molar-refractivity contribution in [2.45, 2.75) is 99.5 Å². The van der Waals surface area contributed by atoms with Crippen molar-refractivity contribution >= 4 is 6.16 Å². The average Bonchev–Trinajstić information content (AvgIpc) is 2.40. The van der Waals surface area contributed by atoms with Crippen molar-refractivity contribution < 1.29 is 24.7 Å². The fraction of sp³-hybridized carbons (Fsp3) is 0.842. The molecule has 5 nitrogen and oxygen atoms in total. The number of hydrogen-bond donors (Lipinski definition) is 1. The minimum absolute atomic E-state index is 0.0656. The second kappa shape index (κ2) is 13.2. The zero-order valence-corrected chi connectivity index (χ0v) is 16.9. The van der Waals surface area contributed by atoms with Gasteiger partial charge in [0.15, 0.2) is 0 Å². The van der Waals surface area contributed by atoms with Crippen LogP contribution in [0.25, 0.3) is 0 Å². The summed E-state index contributed by atoms with van der Waals surface area (Å²) < 4.78 is 0. The van der Waals surface area contributed by atoms with Crippen molar-refractivity contribution in [1.29, 1.82) is 0 Å². The fourth-order valence-electron chi connectivity index (χ4n) is 2.56. The number of rotatable bonds is 9. The van der Waals surface area contributed by atoms with Crippen molar-refractivity contribution in [2.24, 2.45) is 5.41 Å². The highest BCUT2D eigenvalue weighted by molar-refractivity contribution is 5.55. The zero-order valence-electron chi connectivity index (χ0n) is 16.9. The van der Waals surface area contributed by atoms with Crippen LogP contribution >= 0.6 is 0 Å². The minimum atomic E-state index is -1.53. The van der Waals surface area contributed by atoms with Crippen LogP contribution in [0.3, 0.4) is 0 Å². The van der Waals surface area contributed by atoms with E-state index in [0.717, 1.165) is 0 Å². The molecule has 0 bridgehead atoms. The molecule has 0 aliphatic heterocycles. The summed E-state index contributed by atoms with van der Waals surface area (Å²) in [7, 11) is 0. The summed E-state index contributed by atoms with van der Waals surface area (Å²) in [6.45, 7) is 16.5. The molecule has 0 amide bonds. The highest BCUT2D eigenvalue weighted by Gasteiger charge is 2.28. The van der Waals surface area contributed by atoms with Gasteiger partial charge in [0.1, 0.15) is 5.60 Å². The van der Waals surface area contributed by atoms with Gasteiger partial charge in [-0.2, -0.15) is 4.89 Å². The molecule has 24 heavy (non-hydrogen) atoms. The van der Waals surface area contributed by atoms with Crippen molar-refractivity contribution in [3.05, 3.63) is 11.6 Å². The van der Waals surface area contributed by atoms with Gasteiger partial charge in [-0.1, -0.05) is 59.6 Å². The summed E-state index contributed by atoms with van der Waals surface area (Å²) in [5.41, 5.74) is 1.12. The monoisotopic (exact) mass is 346 g/mol. The van der Waals surface area contributed by atoms with Crippen molar-refractivity contribution in [3.63, 3.8) is 0 Å². The van der Waals surface area contributed by atoms with Crippen LogP contribution in [0.2, 0.25) is 0 Å². The van der Waals surface area contributed by atoms with E-state index in [1.165, 1.54) is 32.1 Å². The summed E-state index contributed by atoms with van der Waals surface area (Å²) in [6.07, 6.45) is 8.00. The standard InChI is InChI=1S/C10H20.C9H18O5/c1-4-7-9-10(6-3)8-5-2;1-8(2,3)6-9(4,5)13-14-12-7(10)11/h8H,4-7,9H2,1-3H3;6H2,1-5H3,(H,10,11)/b10-8-;. The molecule has 0 aliphatic rings. The van der Waals surface area contributed by atoms with E-state index in [1.807, 2.05) is 0 Å². The number of carbonyl (C=O) groups is 1. The van der Waals surface area contributed by atoms with Crippen molar-refractivity contribution in [3.8, 4) is 0 Å². The molecule has 1 N–H and O–H groups in total. The Hall–Kier alpha value is -1.07. The number of unbranched alkanes of at least 4 members (excludes halogenated alkanes) is 1. The van der Waals surface area contributed by atoms with E-state index < -0.39 is 11.8 Å². The second-order valence-electron chi connectivity index (χ2n) is 7.73. The first kappa shape index (κ1) is 25.2. The molecule has 0 unspecified atom stereocenters. The molecule has 0 atom stereocenters. The lowest BCUT2D eigenvalue weighted by Crippen LogP contribution is -2.30. The lowest BCUT2D eigenvalue weighted by Gasteiger charge is -2.29. The fourth-order valence-corrected chi connectivity index (χ4v) is 2.56. The number of carboxylic acid groups (broad SMARTS) is 1. The molecule has 0 saturated carbocycles. The van der Waals surface area contributed by atoms with Gasteiger partial charge < -0.3 is 5.11 Å². The molecule has 0 radical (unpaired) electrons. The third-order valence-electron chi connectivity index (χ3n) is 3.12. The first-order valence-corrected chi connectivity index (χ1v) is 8.90. The molecule has 144 valence electrons. The predicted octanol–water partition coefficient (Wildman–Crippen LogP) is 6.68. The van der Waals surface area contributed by atoms with E-state index in [-0.39, 0.29) is 5.41 Å². The Labute approximate surface area is 148 Å². The smallest absolute Gasteiger partial charge is 0.448 e. The molecular formula is C19H38O5. The van der Waals surface area contributed by atoms with Crippen molar-refractivity contribution in [2.75, 3.05) is 0 Å². The van der Waals surface area contributed by atoms with E-state index in [2.05, 4.69) is 57.5 Å². The molecule has 0 aromatic heterocycles. The highest BCUT2D eigenvalue weighted by Crippen LogP contribution is 2.29. The Bertz CT molecular complexity index is 353. The maximum absolute atomic E-state index is 9.94. The van der Waals surface area contributed by atoms with Gasteiger partial charge in [0.25, 0.3) is 0 Å². The maximum Gasteiger partial charge on any atom is 0.540 e. The molecule has 0 aromatic rings. The average molecular weight is 347 g/mol. The Balaban J connectivity index is 0. The summed E-state index contributed by atoms with van der Waals surface area (Å²) in [6, 6.07) is 0. The van der Waals surface area contributed by atoms with E-state index >= 15 is 0 Å². The first-order valence-electron chi connectivity index (χ1n) is 8.90. The van der Waals surface area contributed by atoms with E-state index in [1.54, 1.807) is 19.4 Å². The van der Waals surface area contributed by atoms with Crippen LogP contribution in [-0.2, 0) is 14.8 Å². The van der Waals surface area contributed by atoms with Gasteiger partial charge in [0.2, 0.25) is 0 Å². The first-order chi connectivity index (χ1) is 11.0. The van der Waals surface area contributed by atoms with Crippen molar-refractivity contribution in [1.82, 2.24) is 0 Å². The Morgan fingerprint density at radius 1 is 1.08 bits per heavy atom. The van der Waals surface area contributed by atoms with Gasteiger partial charge in [-0.05, 0) is 56.4 Å². The van der Waals surface area contributed by atoms with E-state index in [0.29, 0.717) is 6.42 Å². The van der Waals surface area contributed by atoms with Gasteiger partial charge >= 0.3 is 6.16 Å². The van der Waals surface area contributed by atoms with Gasteiger partial charge in [0, 0.05) is 0 Å². The quantitative estimate of drug-likeness (QED) is 0.286. The molecule has 0 saturated heterocycles. The Morgan fingerprint density at radius 2 is 1.67 bits per heavy atom. The van der Waals surface area contributed by atoms with Crippen LogP contribution in [0.5, 0.6) is 0 Å². The molecule has 0 aliphatic carbocycles. The summed E-state index contributed by atoms with van der Waals surface area (Å²) in [5.74, 6) is 0. The van der Waals surface area contributed by atoms with Gasteiger partial charge in [-0.15, -0.1) is 0 Å². The van der Waals surface area contributed by atoms with Gasteiger partial charge in [0.05, 0.1) is 0 Å². The van der Waals surface area contributed by atoms with E-state index in [4.69, 9.17) is 9.99 Å². The lowest BCUT2D eigenvalue weighted by atomic mass is 9.84. The number of hydrogen-bond acceptors (Lipinski definition) is 4. The third-order valence-corrected chi connectivity index (χ3v) is 3.12. The largest absolute Gasteiger partial charge is 0.540 e. The SMILES string of the molecule is CC(C)(C)CC(C)(C)OOOC(=O)O.CC/C=C(/CC)CCCC. The van der Waals surface area contributed by atoms with Gasteiger partial charge in [-0.3, -0.25) is 0 Å². The maximum atomic E-state index is 9.94. The third kappa shape index (κ3) is 19.0. The molecule has 0 aromatic carbocycles. The predicted molar refractivity (Wildman–Crippen MR) is 97.6 cm³/mol. The molecule has 5 heteroatoms. The van der Waals surface area contributed by atoms with Crippen LogP contribution < -0.4 is 0 Å². The second-order valence-corrected chi connectivity index (χ2v) is 7.73. The molecule has 0 rings (SSSR count).